The van der Waals surface area contributed by atoms with E-state index in [9.17, 15) is 0 Å². The maximum Gasteiger partial charge on any atom is 0.167 e. The maximum absolute atomic E-state index is 6.15. The molecule has 0 spiro atoms. The van der Waals surface area contributed by atoms with Gasteiger partial charge in [-0.3, -0.25) is 5.01 Å². The summed E-state index contributed by atoms with van der Waals surface area (Å²) in [4.78, 5) is 4.45. The minimum Gasteiger partial charge on any atom is -0.363 e. The number of hydrogen-bond acceptors (Lipinski definition) is 4. The zero-order chi connectivity index (χ0) is 14.3. The van der Waals surface area contributed by atoms with Crippen LogP contribution in [0.25, 0.3) is 0 Å². The van der Waals surface area contributed by atoms with Gasteiger partial charge in [-0.25, -0.2) is 10.4 Å². The summed E-state index contributed by atoms with van der Waals surface area (Å²) in [6, 6.07) is 0. The Hall–Kier alpha value is -1.00. The summed E-state index contributed by atoms with van der Waals surface area (Å²) >= 11 is 6.15. The maximum atomic E-state index is 6.15. The van der Waals surface area contributed by atoms with Gasteiger partial charge >= 0.3 is 0 Å². The number of nitrogens with one attached hydrogen (secondary N) is 2. The van der Waals surface area contributed by atoms with Crippen molar-refractivity contribution in [3.63, 3.8) is 0 Å². The summed E-state index contributed by atoms with van der Waals surface area (Å²) in [5.41, 5.74) is 4.71. The van der Waals surface area contributed by atoms with Crippen LogP contribution in [0.2, 0.25) is 0 Å². The molecular formula is C14H23ClN4. The van der Waals surface area contributed by atoms with Gasteiger partial charge in [0.05, 0.1) is 10.7 Å². The van der Waals surface area contributed by atoms with Crippen molar-refractivity contribution in [2.75, 3.05) is 6.67 Å². The molecule has 0 radical (unpaired) electrons. The third kappa shape index (κ3) is 3.74. The molecule has 0 aromatic carbocycles. The molecule has 0 atom stereocenters. The lowest BCUT2D eigenvalue weighted by Crippen LogP contribution is -2.53. The molecule has 106 valence electrons. The van der Waals surface area contributed by atoms with E-state index in [1.165, 1.54) is 0 Å². The van der Waals surface area contributed by atoms with Crippen LogP contribution in [-0.4, -0.2) is 23.1 Å². The van der Waals surface area contributed by atoms with Gasteiger partial charge in [0, 0.05) is 11.7 Å². The Morgan fingerprint density at radius 1 is 1.37 bits per heavy atom. The Balaban J connectivity index is 2.13. The molecule has 2 rings (SSSR count). The molecule has 2 heterocycles. The lowest BCUT2D eigenvalue weighted by atomic mass is 9.82. The molecule has 0 saturated carbocycles. The Kier molecular flexibility index (Phi) is 3.67. The van der Waals surface area contributed by atoms with Crippen molar-refractivity contribution >= 4 is 17.4 Å². The molecule has 0 bridgehead atoms. The Bertz CT molecular complexity index is 455. The summed E-state index contributed by atoms with van der Waals surface area (Å²) in [5.74, 6) is 0.909. The van der Waals surface area contributed by atoms with Crippen molar-refractivity contribution in [2.24, 2.45) is 10.4 Å². The van der Waals surface area contributed by atoms with Crippen LogP contribution in [0.5, 0.6) is 0 Å². The van der Waals surface area contributed by atoms with E-state index in [1.54, 1.807) is 0 Å². The highest BCUT2D eigenvalue weighted by atomic mass is 35.5. The van der Waals surface area contributed by atoms with Gasteiger partial charge in [-0.2, -0.15) is 0 Å². The minimum atomic E-state index is -0.0422. The normalized spacial score (nSPS) is 19.5. The van der Waals surface area contributed by atoms with Gasteiger partial charge < -0.3 is 5.32 Å². The largest absolute Gasteiger partial charge is 0.363 e. The highest BCUT2D eigenvalue weighted by molar-refractivity contribution is 6.32. The Labute approximate surface area is 120 Å². The van der Waals surface area contributed by atoms with Crippen molar-refractivity contribution in [3.05, 3.63) is 23.0 Å². The monoisotopic (exact) mass is 282 g/mol. The number of aliphatic imine (C=N–C) groups is 1. The topological polar surface area (TPSA) is 39.7 Å². The number of nitrogens with zero attached hydrogens (tertiary/aromatic N) is 2. The van der Waals surface area contributed by atoms with Gasteiger partial charge in [-0.15, -0.1) is 0 Å². The number of amidine groups is 1. The van der Waals surface area contributed by atoms with E-state index < -0.39 is 0 Å². The third-order valence-electron chi connectivity index (χ3n) is 2.90. The van der Waals surface area contributed by atoms with Gasteiger partial charge in [0.2, 0.25) is 0 Å². The van der Waals surface area contributed by atoms with Crippen LogP contribution in [-0.2, 0) is 0 Å². The highest BCUT2D eigenvalue weighted by Gasteiger charge is 2.30. The van der Waals surface area contributed by atoms with Crippen LogP contribution in [0.3, 0.4) is 0 Å². The fourth-order valence-corrected chi connectivity index (χ4v) is 3.03. The van der Waals surface area contributed by atoms with Gasteiger partial charge in [0.25, 0.3) is 0 Å². The molecule has 2 aliphatic heterocycles. The van der Waals surface area contributed by atoms with Crippen LogP contribution >= 0.6 is 11.6 Å². The van der Waals surface area contributed by atoms with E-state index in [-0.39, 0.29) is 11.0 Å². The fourth-order valence-electron chi connectivity index (χ4n) is 2.82. The van der Waals surface area contributed by atoms with Crippen LogP contribution in [0.4, 0.5) is 0 Å². The summed E-state index contributed by atoms with van der Waals surface area (Å²) in [5, 5.41) is 5.83. The summed E-state index contributed by atoms with van der Waals surface area (Å²) < 4.78 is 0. The van der Waals surface area contributed by atoms with Gasteiger partial charge in [0.1, 0.15) is 6.67 Å². The molecule has 5 heteroatoms. The molecule has 0 unspecified atom stereocenters. The molecule has 4 nitrogen and oxygen atoms in total. The van der Waals surface area contributed by atoms with Gasteiger partial charge in [-0.1, -0.05) is 32.4 Å². The smallest absolute Gasteiger partial charge is 0.167 e. The Morgan fingerprint density at radius 2 is 2.05 bits per heavy atom. The SMILES string of the molecule is CC(C)(C)CC(C)(C)NN1C=C(Cl)C=C2NCN=C21. The van der Waals surface area contributed by atoms with E-state index in [2.05, 4.69) is 50.4 Å². The van der Waals surface area contributed by atoms with E-state index in [0.29, 0.717) is 11.7 Å². The molecule has 0 amide bonds. The van der Waals surface area contributed by atoms with Crippen LogP contribution in [0, 0.1) is 5.41 Å². The number of hydrazine groups is 1. The van der Waals surface area contributed by atoms with Crippen molar-refractivity contribution in [1.29, 1.82) is 0 Å². The minimum absolute atomic E-state index is 0.0422. The second-order valence-electron chi connectivity index (χ2n) is 6.99. The van der Waals surface area contributed by atoms with Crippen LogP contribution in [0.1, 0.15) is 41.0 Å². The zero-order valence-electron chi connectivity index (χ0n) is 12.3. The number of halogens is 1. The lowest BCUT2D eigenvalue weighted by molar-refractivity contribution is 0.179. The molecule has 2 aliphatic rings. The second kappa shape index (κ2) is 4.84. The predicted molar refractivity (Wildman–Crippen MR) is 80.6 cm³/mol. The van der Waals surface area contributed by atoms with Crippen LogP contribution in [0.15, 0.2) is 28.0 Å². The van der Waals surface area contributed by atoms with E-state index in [0.717, 1.165) is 18.0 Å². The molecule has 2 N–H and O–H groups in total. The quantitative estimate of drug-likeness (QED) is 0.836. The summed E-state index contributed by atoms with van der Waals surface area (Å²) in [7, 11) is 0. The highest BCUT2D eigenvalue weighted by Crippen LogP contribution is 2.28. The molecule has 0 fully saturated rings. The standard InChI is InChI=1S/C14H23ClN4/c1-13(2,3)8-14(4,5)18-19-7-10(15)6-11-12(19)17-9-16-11/h6-7,16,18H,8-9H2,1-5H3. The van der Waals surface area contributed by atoms with Crippen molar-refractivity contribution in [2.45, 2.75) is 46.6 Å². The molecule has 0 aromatic rings. The first kappa shape index (κ1) is 14.4. The van der Waals surface area contributed by atoms with E-state index >= 15 is 0 Å². The van der Waals surface area contributed by atoms with Crippen molar-refractivity contribution in [3.8, 4) is 0 Å². The second-order valence-corrected chi connectivity index (χ2v) is 7.43. The van der Waals surface area contributed by atoms with Gasteiger partial charge in [-0.05, 0) is 31.8 Å². The predicted octanol–water partition coefficient (Wildman–Crippen LogP) is 2.94. The van der Waals surface area contributed by atoms with E-state index in [1.807, 2.05) is 17.3 Å². The molecule has 19 heavy (non-hydrogen) atoms. The summed E-state index contributed by atoms with van der Waals surface area (Å²) in [6.07, 6.45) is 4.82. The average Bonchev–Trinajstić information content (AvgIpc) is 2.59. The number of allylic oxidation sites excluding steroid dienone is 2. The first-order valence-electron chi connectivity index (χ1n) is 6.61. The number of fused-ring (bicyclic) bond motifs is 1. The first-order valence-corrected chi connectivity index (χ1v) is 6.99. The Morgan fingerprint density at radius 3 is 2.68 bits per heavy atom. The van der Waals surface area contributed by atoms with Crippen LogP contribution < -0.4 is 10.7 Å². The number of hydrogen-bond donors (Lipinski definition) is 2. The third-order valence-corrected chi connectivity index (χ3v) is 3.10. The zero-order valence-corrected chi connectivity index (χ0v) is 13.1. The molecule has 0 saturated heterocycles. The fraction of sp³-hybridized carbons (Fsp3) is 0.643. The van der Waals surface area contributed by atoms with Crippen molar-refractivity contribution < 1.29 is 0 Å². The average molecular weight is 283 g/mol. The molecule has 0 aromatic heterocycles. The number of rotatable bonds is 3. The first-order chi connectivity index (χ1) is 8.66. The van der Waals surface area contributed by atoms with Crippen molar-refractivity contribution in [1.82, 2.24) is 15.8 Å². The van der Waals surface area contributed by atoms with E-state index in [4.69, 9.17) is 11.6 Å². The molecular weight excluding hydrogens is 260 g/mol. The summed E-state index contributed by atoms with van der Waals surface area (Å²) in [6.45, 7) is 11.7. The molecule has 0 aliphatic carbocycles. The van der Waals surface area contributed by atoms with Gasteiger partial charge in [0.15, 0.2) is 5.84 Å². The lowest BCUT2D eigenvalue weighted by Gasteiger charge is -2.38.